The predicted octanol–water partition coefficient (Wildman–Crippen LogP) is 4.83. The van der Waals surface area contributed by atoms with Crippen LogP contribution in [0.15, 0.2) is 51.8 Å². The average molecular weight is 438 g/mol. The molecular formula is C20H24BrNO3S. The molecule has 0 aromatic heterocycles. The maximum atomic E-state index is 13.0. The van der Waals surface area contributed by atoms with Gasteiger partial charge in [-0.15, -0.1) is 0 Å². The van der Waals surface area contributed by atoms with Crippen LogP contribution in [0.25, 0.3) is 0 Å². The average Bonchev–Trinajstić information content (AvgIpc) is 2.74. The van der Waals surface area contributed by atoms with Gasteiger partial charge in [0.1, 0.15) is 5.75 Å². The molecule has 1 aliphatic heterocycles. The Kier molecular flexibility index (Phi) is 6.05. The van der Waals surface area contributed by atoms with Crippen LogP contribution in [-0.4, -0.2) is 21.6 Å². The predicted molar refractivity (Wildman–Crippen MR) is 107 cm³/mol. The molecule has 0 bridgehead atoms. The third kappa shape index (κ3) is 3.97. The molecule has 0 aliphatic carbocycles. The molecule has 1 N–H and O–H groups in total. The minimum absolute atomic E-state index is 0.0139. The Morgan fingerprint density at radius 1 is 1.23 bits per heavy atom. The van der Waals surface area contributed by atoms with E-state index >= 15 is 0 Å². The molecule has 2 atom stereocenters. The molecule has 0 radical (unpaired) electrons. The van der Waals surface area contributed by atoms with Gasteiger partial charge in [0.05, 0.1) is 16.5 Å². The molecule has 0 fully saturated rings. The number of unbranched alkanes of at least 4 members (excludes halogenated alkanes) is 1. The maximum absolute atomic E-state index is 13.0. The highest BCUT2D eigenvalue weighted by molar-refractivity contribution is 9.10. The smallest absolute Gasteiger partial charge is 0.241 e. The second kappa shape index (κ2) is 8.11. The topological polar surface area (TPSA) is 55.4 Å². The molecule has 4 nitrogen and oxygen atoms in total. The van der Waals surface area contributed by atoms with Gasteiger partial charge in [-0.1, -0.05) is 50.1 Å². The number of methoxy groups -OCH3 is 1. The normalized spacial score (nSPS) is 21.7. The van der Waals surface area contributed by atoms with Gasteiger partial charge in [-0.05, 0) is 46.0 Å². The van der Waals surface area contributed by atoms with E-state index in [2.05, 4.69) is 39.7 Å². The Hall–Kier alpha value is -1.37. The summed E-state index contributed by atoms with van der Waals surface area (Å²) in [7, 11) is -2.06. The van der Waals surface area contributed by atoms with Crippen LogP contribution < -0.4 is 9.46 Å². The van der Waals surface area contributed by atoms with E-state index in [1.54, 1.807) is 13.2 Å². The largest absolute Gasteiger partial charge is 0.496 e. The van der Waals surface area contributed by atoms with Crippen LogP contribution in [0.3, 0.4) is 0 Å². The van der Waals surface area contributed by atoms with Crippen LogP contribution in [0.2, 0.25) is 0 Å². The number of hydrogen-bond acceptors (Lipinski definition) is 3. The van der Waals surface area contributed by atoms with Gasteiger partial charge in [0, 0.05) is 18.0 Å². The van der Waals surface area contributed by atoms with Crippen molar-refractivity contribution in [1.29, 1.82) is 0 Å². The summed E-state index contributed by atoms with van der Waals surface area (Å²) in [6, 6.07) is 13.6. The van der Waals surface area contributed by atoms with E-state index in [9.17, 15) is 8.42 Å². The molecule has 140 valence electrons. The van der Waals surface area contributed by atoms with Gasteiger partial charge in [-0.2, -0.15) is 0 Å². The SMILES string of the molecule is CCCCC1CC(c2ccccc2)c2cc(Br)c(OC)cc2S(=O)(=O)N1. The van der Waals surface area contributed by atoms with Crippen molar-refractivity contribution < 1.29 is 13.2 Å². The highest BCUT2D eigenvalue weighted by Gasteiger charge is 2.34. The number of fused-ring (bicyclic) bond motifs is 1. The lowest BCUT2D eigenvalue weighted by Gasteiger charge is -2.21. The number of sulfonamides is 1. The molecule has 1 aliphatic rings. The molecule has 0 saturated heterocycles. The van der Waals surface area contributed by atoms with Crippen molar-refractivity contribution in [2.75, 3.05) is 7.11 Å². The molecule has 26 heavy (non-hydrogen) atoms. The second-order valence-corrected chi connectivity index (χ2v) is 9.22. The quantitative estimate of drug-likeness (QED) is 0.728. The molecule has 2 aromatic rings. The first-order chi connectivity index (χ1) is 12.5. The van der Waals surface area contributed by atoms with Crippen molar-refractivity contribution in [2.24, 2.45) is 0 Å². The summed E-state index contributed by atoms with van der Waals surface area (Å²) in [4.78, 5) is 0.311. The Labute approximate surface area is 164 Å². The highest BCUT2D eigenvalue weighted by Crippen LogP contribution is 2.41. The zero-order valence-corrected chi connectivity index (χ0v) is 17.4. The maximum Gasteiger partial charge on any atom is 0.241 e. The first-order valence-corrected chi connectivity index (χ1v) is 11.2. The fraction of sp³-hybridized carbons (Fsp3) is 0.400. The Morgan fingerprint density at radius 3 is 2.62 bits per heavy atom. The highest BCUT2D eigenvalue weighted by atomic mass is 79.9. The number of hydrogen-bond donors (Lipinski definition) is 1. The van der Waals surface area contributed by atoms with E-state index in [0.717, 1.165) is 41.3 Å². The Balaban J connectivity index is 2.17. The van der Waals surface area contributed by atoms with Crippen LogP contribution in [0, 0.1) is 0 Å². The van der Waals surface area contributed by atoms with Crippen LogP contribution in [-0.2, 0) is 10.0 Å². The van der Waals surface area contributed by atoms with Crippen LogP contribution in [0.4, 0.5) is 0 Å². The molecule has 2 unspecified atom stereocenters. The fourth-order valence-electron chi connectivity index (χ4n) is 3.58. The Bertz CT molecular complexity index is 868. The molecule has 3 rings (SSSR count). The third-order valence-corrected chi connectivity index (χ3v) is 7.10. The molecule has 0 amide bonds. The van der Waals surface area contributed by atoms with Crippen LogP contribution in [0.5, 0.6) is 5.75 Å². The van der Waals surface area contributed by atoms with Crippen molar-refractivity contribution in [3.05, 3.63) is 58.1 Å². The zero-order valence-electron chi connectivity index (χ0n) is 15.0. The number of nitrogens with one attached hydrogen (secondary N) is 1. The molecule has 6 heteroatoms. The van der Waals surface area contributed by atoms with Crippen LogP contribution >= 0.6 is 15.9 Å². The van der Waals surface area contributed by atoms with Crippen LogP contribution in [0.1, 0.15) is 49.7 Å². The first-order valence-electron chi connectivity index (χ1n) is 8.91. The molecule has 0 spiro atoms. The summed E-state index contributed by atoms with van der Waals surface area (Å²) >= 11 is 3.52. The summed E-state index contributed by atoms with van der Waals surface area (Å²) in [5.74, 6) is 0.535. The molecule has 2 aromatic carbocycles. The summed E-state index contributed by atoms with van der Waals surface area (Å²) in [6.07, 6.45) is 3.62. The van der Waals surface area contributed by atoms with Crippen molar-refractivity contribution in [2.45, 2.75) is 49.5 Å². The van der Waals surface area contributed by atoms with E-state index in [4.69, 9.17) is 4.74 Å². The van der Waals surface area contributed by atoms with Gasteiger partial charge in [0.25, 0.3) is 0 Å². The number of benzene rings is 2. The summed E-state index contributed by atoms with van der Waals surface area (Å²) in [5.41, 5.74) is 1.95. The monoisotopic (exact) mass is 437 g/mol. The van der Waals surface area contributed by atoms with Gasteiger partial charge in [0.15, 0.2) is 0 Å². The molecule has 1 heterocycles. The zero-order chi connectivity index (χ0) is 18.7. The standard InChI is InChI=1S/C20H24BrNO3S/c1-3-4-10-15-11-16(14-8-6-5-7-9-14)17-12-18(21)19(25-2)13-20(17)26(23,24)22-15/h5-9,12-13,15-16,22H,3-4,10-11H2,1-2H3. The second-order valence-electron chi connectivity index (χ2n) is 6.68. The first kappa shape index (κ1) is 19.4. The van der Waals surface area contributed by atoms with Gasteiger partial charge in [-0.25, -0.2) is 13.1 Å². The summed E-state index contributed by atoms with van der Waals surface area (Å²) in [5, 5.41) is 0. The Morgan fingerprint density at radius 2 is 1.96 bits per heavy atom. The van der Waals surface area contributed by atoms with Gasteiger partial charge in [0.2, 0.25) is 10.0 Å². The molecular weight excluding hydrogens is 414 g/mol. The van der Waals surface area contributed by atoms with Crippen molar-refractivity contribution in [3.8, 4) is 5.75 Å². The van der Waals surface area contributed by atoms with Crippen molar-refractivity contribution in [3.63, 3.8) is 0 Å². The fourth-order valence-corrected chi connectivity index (χ4v) is 5.66. The van der Waals surface area contributed by atoms with E-state index in [-0.39, 0.29) is 12.0 Å². The summed E-state index contributed by atoms with van der Waals surface area (Å²) < 4.78 is 35.1. The van der Waals surface area contributed by atoms with E-state index in [1.807, 2.05) is 24.3 Å². The summed E-state index contributed by atoms with van der Waals surface area (Å²) in [6.45, 7) is 2.12. The lowest BCUT2D eigenvalue weighted by atomic mass is 9.85. The lowest BCUT2D eigenvalue weighted by Crippen LogP contribution is -2.33. The number of rotatable bonds is 5. The third-order valence-electron chi connectivity index (χ3n) is 4.90. The minimum Gasteiger partial charge on any atom is -0.496 e. The van der Waals surface area contributed by atoms with E-state index < -0.39 is 10.0 Å². The molecule has 0 saturated carbocycles. The van der Waals surface area contributed by atoms with E-state index in [0.29, 0.717) is 10.6 Å². The minimum atomic E-state index is -3.60. The van der Waals surface area contributed by atoms with Gasteiger partial charge >= 0.3 is 0 Å². The van der Waals surface area contributed by atoms with Gasteiger partial charge < -0.3 is 4.74 Å². The lowest BCUT2D eigenvalue weighted by molar-refractivity contribution is 0.410. The van der Waals surface area contributed by atoms with Crippen molar-refractivity contribution >= 4 is 26.0 Å². The number of halogens is 1. The van der Waals surface area contributed by atoms with E-state index in [1.165, 1.54) is 0 Å². The van der Waals surface area contributed by atoms with Crippen molar-refractivity contribution in [1.82, 2.24) is 4.72 Å². The number of ether oxygens (including phenoxy) is 1. The van der Waals surface area contributed by atoms with Gasteiger partial charge in [-0.3, -0.25) is 0 Å².